The van der Waals surface area contributed by atoms with Crippen LogP contribution in [0.15, 0.2) is 17.1 Å². The summed E-state index contributed by atoms with van der Waals surface area (Å²) < 4.78 is 16.6. The first-order chi connectivity index (χ1) is 15.3. The summed E-state index contributed by atoms with van der Waals surface area (Å²) in [5.41, 5.74) is 0.976. The second kappa shape index (κ2) is 8.55. The molecule has 1 atom stereocenters. The van der Waals surface area contributed by atoms with Gasteiger partial charge in [0.15, 0.2) is 0 Å². The van der Waals surface area contributed by atoms with E-state index >= 15 is 0 Å². The number of pyridine rings is 1. The van der Waals surface area contributed by atoms with Gasteiger partial charge in [0.1, 0.15) is 11.4 Å². The average molecular weight is 441 g/mol. The number of nitrogens with zero attached hydrogens (tertiary/aromatic N) is 4. The minimum atomic E-state index is -1.31. The topological polar surface area (TPSA) is 89.6 Å². The molecule has 8 heteroatoms. The summed E-state index contributed by atoms with van der Waals surface area (Å²) in [4.78, 5) is 26.8. The van der Waals surface area contributed by atoms with E-state index < -0.39 is 17.2 Å². The number of nitriles is 1. The number of fused-ring (bicyclic) bond motifs is 1. The molecular weight excluding hydrogens is 411 g/mol. The standard InChI is InChI=1S/C24H29FN4O3/c1-4-20(27(3)9-5-8-26)16-11-28(12-16)29-13-18(24(31)32)23(30)17-10-19(25)21(15-6-7-15)14(2)22(17)29/h10,13,15-16,20H,4-7,9,11-12H2,1-3H3,(H,31,32). The predicted molar refractivity (Wildman–Crippen MR) is 120 cm³/mol. The second-order valence-corrected chi connectivity index (χ2v) is 9.09. The highest BCUT2D eigenvalue weighted by Crippen LogP contribution is 2.44. The molecule has 1 aromatic carbocycles. The molecule has 0 amide bonds. The van der Waals surface area contributed by atoms with Crippen LogP contribution in [0.5, 0.6) is 0 Å². The highest BCUT2D eigenvalue weighted by Gasteiger charge is 2.37. The molecule has 1 aliphatic carbocycles. The van der Waals surface area contributed by atoms with Gasteiger partial charge in [0.25, 0.3) is 0 Å². The van der Waals surface area contributed by atoms with E-state index in [0.717, 1.165) is 24.8 Å². The van der Waals surface area contributed by atoms with Crippen LogP contribution < -0.4 is 10.4 Å². The molecule has 1 saturated heterocycles. The van der Waals surface area contributed by atoms with E-state index in [1.54, 1.807) is 4.68 Å². The molecule has 2 aliphatic rings. The van der Waals surface area contributed by atoms with Gasteiger partial charge < -0.3 is 15.0 Å². The van der Waals surface area contributed by atoms with Crippen molar-refractivity contribution in [3.63, 3.8) is 0 Å². The molecule has 4 rings (SSSR count). The maximum atomic E-state index is 14.9. The molecule has 0 radical (unpaired) electrons. The first-order valence-corrected chi connectivity index (χ1v) is 11.2. The van der Waals surface area contributed by atoms with Gasteiger partial charge in [-0.25, -0.2) is 9.18 Å². The van der Waals surface area contributed by atoms with Crippen molar-refractivity contribution in [3.8, 4) is 6.07 Å². The highest BCUT2D eigenvalue weighted by atomic mass is 19.1. The maximum absolute atomic E-state index is 14.9. The van der Waals surface area contributed by atoms with Crippen LogP contribution in [0.25, 0.3) is 10.9 Å². The van der Waals surface area contributed by atoms with Gasteiger partial charge in [0.2, 0.25) is 5.43 Å². The Bertz CT molecular complexity index is 1160. The number of carbonyl (C=O) groups is 1. The summed E-state index contributed by atoms with van der Waals surface area (Å²) >= 11 is 0. The molecule has 1 unspecified atom stereocenters. The molecule has 0 bridgehead atoms. The van der Waals surface area contributed by atoms with Gasteiger partial charge in [-0.3, -0.25) is 9.47 Å². The fourth-order valence-electron chi connectivity index (χ4n) is 5.19. The Morgan fingerprint density at radius 3 is 2.66 bits per heavy atom. The van der Waals surface area contributed by atoms with Gasteiger partial charge in [-0.05, 0) is 56.3 Å². The molecule has 32 heavy (non-hydrogen) atoms. The van der Waals surface area contributed by atoms with Crippen LogP contribution in [0, 0.1) is 30.0 Å². The summed E-state index contributed by atoms with van der Waals surface area (Å²) in [5.74, 6) is -1.20. The number of aromatic carboxylic acids is 1. The van der Waals surface area contributed by atoms with E-state index in [0.29, 0.717) is 49.1 Å². The van der Waals surface area contributed by atoms with Crippen molar-refractivity contribution in [2.24, 2.45) is 5.92 Å². The van der Waals surface area contributed by atoms with E-state index in [2.05, 4.69) is 17.9 Å². The lowest BCUT2D eigenvalue weighted by molar-refractivity contribution is 0.0694. The summed E-state index contributed by atoms with van der Waals surface area (Å²) in [6.45, 7) is 6.06. The van der Waals surface area contributed by atoms with E-state index in [1.807, 2.05) is 19.0 Å². The number of carboxylic acid groups (broad SMARTS) is 1. The zero-order valence-corrected chi connectivity index (χ0v) is 18.8. The van der Waals surface area contributed by atoms with Gasteiger partial charge in [0.05, 0.1) is 17.0 Å². The molecular formula is C24H29FN4O3. The van der Waals surface area contributed by atoms with E-state index in [9.17, 15) is 19.1 Å². The zero-order valence-electron chi connectivity index (χ0n) is 18.8. The van der Waals surface area contributed by atoms with Crippen molar-refractivity contribution in [2.45, 2.75) is 51.5 Å². The summed E-state index contributed by atoms with van der Waals surface area (Å²) in [6, 6.07) is 3.72. The molecule has 2 fully saturated rings. The number of hydrogen-bond donors (Lipinski definition) is 1. The smallest absolute Gasteiger partial charge is 0.341 e. The van der Waals surface area contributed by atoms with Gasteiger partial charge in [-0.2, -0.15) is 5.26 Å². The molecule has 1 saturated carbocycles. The van der Waals surface area contributed by atoms with Crippen LogP contribution in [0.3, 0.4) is 0 Å². The van der Waals surface area contributed by atoms with Crippen LogP contribution in [-0.2, 0) is 0 Å². The molecule has 1 N–H and O–H groups in total. The van der Waals surface area contributed by atoms with Gasteiger partial charge in [-0.15, -0.1) is 0 Å². The van der Waals surface area contributed by atoms with E-state index in [1.165, 1.54) is 12.3 Å². The first kappa shape index (κ1) is 22.3. The monoisotopic (exact) mass is 440 g/mol. The van der Waals surface area contributed by atoms with Crippen molar-refractivity contribution in [3.05, 3.63) is 45.0 Å². The number of halogens is 1. The fraction of sp³-hybridized carbons (Fsp3) is 0.542. The highest BCUT2D eigenvalue weighted by molar-refractivity contribution is 5.94. The average Bonchev–Trinajstić information content (AvgIpc) is 3.54. The third-order valence-corrected chi connectivity index (χ3v) is 7.03. The van der Waals surface area contributed by atoms with Crippen LogP contribution in [0.1, 0.15) is 60.0 Å². The Balaban J connectivity index is 1.74. The first-order valence-electron chi connectivity index (χ1n) is 11.2. The largest absolute Gasteiger partial charge is 0.477 e. The van der Waals surface area contributed by atoms with E-state index in [4.69, 9.17) is 5.26 Å². The van der Waals surface area contributed by atoms with Crippen molar-refractivity contribution in [1.82, 2.24) is 9.58 Å². The van der Waals surface area contributed by atoms with Crippen molar-refractivity contribution in [2.75, 3.05) is 31.7 Å². The van der Waals surface area contributed by atoms with E-state index in [-0.39, 0.29) is 16.9 Å². The van der Waals surface area contributed by atoms with Gasteiger partial charge in [0, 0.05) is 44.2 Å². The van der Waals surface area contributed by atoms with Crippen molar-refractivity contribution >= 4 is 16.9 Å². The lowest BCUT2D eigenvalue weighted by Gasteiger charge is -2.48. The van der Waals surface area contributed by atoms with Gasteiger partial charge >= 0.3 is 5.97 Å². The maximum Gasteiger partial charge on any atom is 0.341 e. The third-order valence-electron chi connectivity index (χ3n) is 7.03. The Morgan fingerprint density at radius 1 is 1.41 bits per heavy atom. The van der Waals surface area contributed by atoms with Crippen molar-refractivity contribution < 1.29 is 14.3 Å². The molecule has 0 spiro atoms. The molecule has 2 heterocycles. The lowest BCUT2D eigenvalue weighted by atomic mass is 9.90. The lowest BCUT2D eigenvalue weighted by Crippen LogP contribution is -2.60. The number of benzene rings is 1. The summed E-state index contributed by atoms with van der Waals surface area (Å²) in [6.07, 6.45) is 4.68. The molecule has 170 valence electrons. The van der Waals surface area contributed by atoms with Gasteiger partial charge in [-0.1, -0.05) is 6.92 Å². The number of aromatic nitrogens is 1. The Morgan fingerprint density at radius 2 is 2.09 bits per heavy atom. The quantitative estimate of drug-likeness (QED) is 0.678. The Kier molecular flexibility index (Phi) is 5.95. The SMILES string of the molecule is CCC(C1CN(n2cc(C(=O)O)c(=O)c3cc(F)c(C4CC4)c(C)c32)C1)N(C)CCC#N. The molecule has 1 aliphatic heterocycles. The van der Waals surface area contributed by atoms with Crippen LogP contribution >= 0.6 is 0 Å². The summed E-state index contributed by atoms with van der Waals surface area (Å²) in [5, 5.41) is 20.6. The number of aryl methyl sites for hydroxylation is 1. The van der Waals surface area contributed by atoms with Crippen LogP contribution in [-0.4, -0.2) is 53.4 Å². The van der Waals surface area contributed by atoms with Crippen molar-refractivity contribution in [1.29, 1.82) is 5.26 Å². The molecule has 7 nitrogen and oxygen atoms in total. The Labute approximate surface area is 186 Å². The summed E-state index contributed by atoms with van der Waals surface area (Å²) in [7, 11) is 2.03. The number of carboxylic acids is 1. The minimum Gasteiger partial charge on any atom is -0.477 e. The molecule has 1 aromatic heterocycles. The normalized spacial score (nSPS) is 17.4. The predicted octanol–water partition coefficient (Wildman–Crippen LogP) is 3.22. The third kappa shape index (κ3) is 3.75. The zero-order chi connectivity index (χ0) is 23.2. The van der Waals surface area contributed by atoms with Crippen LogP contribution in [0.4, 0.5) is 4.39 Å². The second-order valence-electron chi connectivity index (χ2n) is 9.09. The molecule has 2 aromatic rings. The number of hydrogen-bond acceptors (Lipinski definition) is 5. The fourth-order valence-corrected chi connectivity index (χ4v) is 5.19. The Hall–Kier alpha value is -2.92. The minimum absolute atomic E-state index is 0.117. The van der Waals surface area contributed by atoms with Crippen LogP contribution in [0.2, 0.25) is 0 Å². The number of rotatable bonds is 8.